The first kappa shape index (κ1) is 8.99. The Bertz CT molecular complexity index is 234. The summed E-state index contributed by atoms with van der Waals surface area (Å²) < 4.78 is 5.20. The molecule has 0 fully saturated rings. The minimum atomic E-state index is 0.0550. The second kappa shape index (κ2) is 4.06. The van der Waals surface area contributed by atoms with Crippen molar-refractivity contribution in [3.8, 4) is 0 Å². The Morgan fingerprint density at radius 3 is 2.75 bits per heavy atom. The van der Waals surface area contributed by atoms with Crippen molar-refractivity contribution in [1.82, 2.24) is 10.2 Å². The number of hydrogen-bond acceptors (Lipinski definition) is 5. The summed E-state index contributed by atoms with van der Waals surface area (Å²) in [5, 5.41) is 18.8. The maximum Gasteiger partial charge on any atom is 0.315 e. The zero-order valence-electron chi connectivity index (χ0n) is 7.24. The first-order chi connectivity index (χ1) is 5.74. The molecule has 12 heavy (non-hydrogen) atoms. The Hall–Kier alpha value is -1.10. The van der Waals surface area contributed by atoms with Gasteiger partial charge < -0.3 is 14.8 Å². The maximum atomic E-state index is 8.49. The summed E-state index contributed by atoms with van der Waals surface area (Å²) in [4.78, 5) is 0. The van der Waals surface area contributed by atoms with E-state index in [4.69, 9.17) is 9.52 Å². The lowest BCUT2D eigenvalue weighted by molar-refractivity contribution is 0.309. The van der Waals surface area contributed by atoms with Crippen molar-refractivity contribution in [2.75, 3.05) is 18.5 Å². The average Bonchev–Trinajstić information content (AvgIpc) is 2.48. The molecule has 1 aromatic heterocycles. The molecule has 0 amide bonds. The predicted octanol–water partition coefficient (Wildman–Crippen LogP) is 0.597. The van der Waals surface area contributed by atoms with Gasteiger partial charge in [-0.25, -0.2) is 0 Å². The maximum absolute atomic E-state index is 8.49. The van der Waals surface area contributed by atoms with Crippen molar-refractivity contribution < 1.29 is 9.52 Å². The molecular weight excluding hydrogens is 158 g/mol. The highest BCUT2D eigenvalue weighted by molar-refractivity contribution is 5.16. The van der Waals surface area contributed by atoms with Crippen LogP contribution in [0.4, 0.5) is 6.01 Å². The summed E-state index contributed by atoms with van der Waals surface area (Å²) in [6.07, 6.45) is 0. The number of nitrogens with one attached hydrogen (secondary N) is 1. The molecule has 5 heteroatoms. The van der Waals surface area contributed by atoms with Crippen LogP contribution in [0.1, 0.15) is 25.7 Å². The van der Waals surface area contributed by atoms with Gasteiger partial charge in [0.1, 0.15) is 0 Å². The molecule has 0 aromatic carbocycles. The van der Waals surface area contributed by atoms with E-state index in [-0.39, 0.29) is 12.5 Å². The zero-order valence-corrected chi connectivity index (χ0v) is 7.24. The van der Waals surface area contributed by atoms with Gasteiger partial charge in [-0.05, 0) is 0 Å². The Morgan fingerprint density at radius 1 is 1.50 bits per heavy atom. The number of rotatable bonds is 4. The molecule has 0 bridgehead atoms. The molecule has 0 saturated carbocycles. The highest BCUT2D eigenvalue weighted by Gasteiger charge is 2.07. The number of aromatic nitrogens is 2. The first-order valence-corrected chi connectivity index (χ1v) is 3.92. The van der Waals surface area contributed by atoms with Crippen LogP contribution in [0.5, 0.6) is 0 Å². The predicted molar refractivity (Wildman–Crippen MR) is 44.0 cm³/mol. The Kier molecular flexibility index (Phi) is 3.04. The highest BCUT2D eigenvalue weighted by Crippen LogP contribution is 2.14. The zero-order chi connectivity index (χ0) is 8.97. The standard InChI is InChI=1S/C7H13N3O2/c1-5(2)6-9-10-7(12-6)8-3-4-11/h5,11H,3-4H2,1-2H3,(H,8,10). The molecule has 5 nitrogen and oxygen atoms in total. The van der Waals surface area contributed by atoms with Gasteiger partial charge in [0.15, 0.2) is 0 Å². The summed E-state index contributed by atoms with van der Waals surface area (Å²) in [6, 6.07) is 0.368. The van der Waals surface area contributed by atoms with Gasteiger partial charge in [-0.1, -0.05) is 18.9 Å². The van der Waals surface area contributed by atoms with Crippen LogP contribution in [0.15, 0.2) is 4.42 Å². The van der Waals surface area contributed by atoms with E-state index in [0.29, 0.717) is 18.5 Å². The Labute approximate surface area is 70.8 Å². The molecule has 0 aliphatic heterocycles. The van der Waals surface area contributed by atoms with Crippen LogP contribution in [0.25, 0.3) is 0 Å². The Balaban J connectivity index is 2.52. The summed E-state index contributed by atoms with van der Waals surface area (Å²) in [5.41, 5.74) is 0. The van der Waals surface area contributed by atoms with Gasteiger partial charge in [0.25, 0.3) is 0 Å². The monoisotopic (exact) mass is 171 g/mol. The lowest BCUT2D eigenvalue weighted by Crippen LogP contribution is -2.05. The second-order valence-electron chi connectivity index (χ2n) is 2.75. The summed E-state index contributed by atoms with van der Waals surface area (Å²) in [5.74, 6) is 0.845. The number of nitrogens with zero attached hydrogens (tertiary/aromatic N) is 2. The van der Waals surface area contributed by atoms with Crippen LogP contribution in [0, 0.1) is 0 Å². The molecule has 68 valence electrons. The molecule has 0 radical (unpaired) electrons. The van der Waals surface area contributed by atoms with E-state index in [1.165, 1.54) is 0 Å². The summed E-state index contributed by atoms with van der Waals surface area (Å²) in [6.45, 7) is 4.44. The van der Waals surface area contributed by atoms with Crippen LogP contribution in [-0.4, -0.2) is 28.5 Å². The molecule has 2 N–H and O–H groups in total. The van der Waals surface area contributed by atoms with Gasteiger partial charge in [0.05, 0.1) is 6.61 Å². The van der Waals surface area contributed by atoms with Crippen molar-refractivity contribution in [1.29, 1.82) is 0 Å². The van der Waals surface area contributed by atoms with E-state index in [1.54, 1.807) is 0 Å². The van der Waals surface area contributed by atoms with Gasteiger partial charge in [-0.2, -0.15) is 0 Å². The molecule has 0 saturated heterocycles. The van der Waals surface area contributed by atoms with Crippen LogP contribution in [-0.2, 0) is 0 Å². The number of aliphatic hydroxyl groups is 1. The van der Waals surface area contributed by atoms with Gasteiger partial charge in [0, 0.05) is 12.5 Å². The number of hydrogen-bond donors (Lipinski definition) is 2. The smallest absolute Gasteiger partial charge is 0.315 e. The second-order valence-corrected chi connectivity index (χ2v) is 2.75. The molecule has 0 spiro atoms. The highest BCUT2D eigenvalue weighted by atomic mass is 16.4. The van der Waals surface area contributed by atoms with Gasteiger partial charge in [-0.15, -0.1) is 5.10 Å². The SMILES string of the molecule is CC(C)c1nnc(NCCO)o1. The van der Waals surface area contributed by atoms with E-state index in [1.807, 2.05) is 13.8 Å². The fraction of sp³-hybridized carbons (Fsp3) is 0.714. The third kappa shape index (κ3) is 2.20. The minimum Gasteiger partial charge on any atom is -0.408 e. The van der Waals surface area contributed by atoms with E-state index < -0.39 is 0 Å². The lowest BCUT2D eigenvalue weighted by Gasteiger charge is -1.96. The molecular formula is C7H13N3O2. The van der Waals surface area contributed by atoms with Crippen LogP contribution in [0.3, 0.4) is 0 Å². The number of aliphatic hydroxyl groups excluding tert-OH is 1. The Morgan fingerprint density at radius 2 is 2.25 bits per heavy atom. The largest absolute Gasteiger partial charge is 0.408 e. The van der Waals surface area contributed by atoms with Crippen LogP contribution < -0.4 is 5.32 Å². The molecule has 1 aromatic rings. The van der Waals surface area contributed by atoms with E-state index in [0.717, 1.165) is 0 Å². The topological polar surface area (TPSA) is 71.2 Å². The molecule has 1 heterocycles. The molecule has 0 aliphatic carbocycles. The van der Waals surface area contributed by atoms with Crippen LogP contribution >= 0.6 is 0 Å². The van der Waals surface area contributed by atoms with Crippen LogP contribution in [0.2, 0.25) is 0 Å². The molecule has 0 aliphatic rings. The molecule has 0 unspecified atom stereocenters. The van der Waals surface area contributed by atoms with Crippen molar-refractivity contribution >= 4 is 6.01 Å². The van der Waals surface area contributed by atoms with Gasteiger partial charge >= 0.3 is 6.01 Å². The van der Waals surface area contributed by atoms with E-state index in [9.17, 15) is 0 Å². The van der Waals surface area contributed by atoms with Gasteiger partial charge in [0.2, 0.25) is 5.89 Å². The minimum absolute atomic E-state index is 0.0550. The summed E-state index contributed by atoms with van der Waals surface area (Å²) >= 11 is 0. The fourth-order valence-electron chi connectivity index (χ4n) is 0.702. The van der Waals surface area contributed by atoms with E-state index >= 15 is 0 Å². The number of anilines is 1. The first-order valence-electron chi connectivity index (χ1n) is 3.92. The van der Waals surface area contributed by atoms with Crippen molar-refractivity contribution in [3.05, 3.63) is 5.89 Å². The lowest BCUT2D eigenvalue weighted by atomic mass is 10.2. The van der Waals surface area contributed by atoms with Crippen molar-refractivity contribution in [2.45, 2.75) is 19.8 Å². The molecule has 1 rings (SSSR count). The normalized spacial score (nSPS) is 10.7. The third-order valence-electron chi connectivity index (χ3n) is 1.32. The van der Waals surface area contributed by atoms with Crippen molar-refractivity contribution in [3.63, 3.8) is 0 Å². The molecule has 0 atom stereocenters. The third-order valence-corrected chi connectivity index (χ3v) is 1.32. The fourth-order valence-corrected chi connectivity index (χ4v) is 0.702. The average molecular weight is 171 g/mol. The quantitative estimate of drug-likeness (QED) is 0.694. The van der Waals surface area contributed by atoms with E-state index in [2.05, 4.69) is 15.5 Å². The summed E-state index contributed by atoms with van der Waals surface area (Å²) in [7, 11) is 0. The van der Waals surface area contributed by atoms with Gasteiger partial charge in [-0.3, -0.25) is 0 Å². The van der Waals surface area contributed by atoms with Crippen molar-refractivity contribution in [2.24, 2.45) is 0 Å².